The monoisotopic (exact) mass is 667 g/mol. The Kier molecular flexibility index (Phi) is 31.8. The van der Waals surface area contributed by atoms with Gasteiger partial charge in [-0.2, -0.15) is 0 Å². The summed E-state index contributed by atoms with van der Waals surface area (Å²) < 4.78 is 5.85. The standard InChI is InChI=1S/C38H70N2O7/c1-3-5-7-9-10-11-12-13-14-15-16-17-18-20-26-30-37(44)47-33(27-23-19-8-6-4-2)28-24-21-22-25-29-35(42)39-31-36(43)40-34(32-41)38(45)46/h23,27,33-34,41H,3-22,24-26,28-32H2,1-2H3,(H,39,42)(H,40,43)(H,45,46)/b27-23-. The number of nitrogens with one attached hydrogen (secondary N) is 2. The van der Waals surface area contributed by atoms with Crippen LogP contribution in [-0.4, -0.2) is 59.3 Å². The van der Waals surface area contributed by atoms with Crippen molar-refractivity contribution in [1.29, 1.82) is 0 Å². The summed E-state index contributed by atoms with van der Waals surface area (Å²) in [4.78, 5) is 47.2. The van der Waals surface area contributed by atoms with E-state index in [4.69, 9.17) is 14.9 Å². The van der Waals surface area contributed by atoms with Gasteiger partial charge in [0.2, 0.25) is 11.8 Å². The lowest BCUT2D eigenvalue weighted by atomic mass is 10.0. The molecular formula is C38H70N2O7. The lowest BCUT2D eigenvalue weighted by Gasteiger charge is -2.15. The van der Waals surface area contributed by atoms with E-state index in [2.05, 4.69) is 30.6 Å². The molecule has 0 aliphatic heterocycles. The Labute approximate surface area is 286 Å². The molecule has 47 heavy (non-hydrogen) atoms. The molecule has 0 aromatic carbocycles. The summed E-state index contributed by atoms with van der Waals surface area (Å²) in [5.74, 6) is -2.40. The summed E-state index contributed by atoms with van der Waals surface area (Å²) in [7, 11) is 0. The van der Waals surface area contributed by atoms with Gasteiger partial charge in [0, 0.05) is 12.8 Å². The number of rotatable bonds is 34. The lowest BCUT2D eigenvalue weighted by molar-refractivity contribution is -0.147. The van der Waals surface area contributed by atoms with Gasteiger partial charge in [-0.1, -0.05) is 135 Å². The van der Waals surface area contributed by atoms with Gasteiger partial charge >= 0.3 is 11.9 Å². The minimum Gasteiger partial charge on any atom is -0.480 e. The summed E-state index contributed by atoms with van der Waals surface area (Å²) >= 11 is 0. The second-order valence-corrected chi connectivity index (χ2v) is 13.0. The predicted molar refractivity (Wildman–Crippen MR) is 190 cm³/mol. The number of aliphatic hydroxyl groups is 1. The van der Waals surface area contributed by atoms with Gasteiger partial charge in [-0.25, -0.2) is 4.79 Å². The Morgan fingerprint density at radius 3 is 1.66 bits per heavy atom. The molecule has 2 amide bonds. The first-order valence-corrected chi connectivity index (χ1v) is 19.1. The van der Waals surface area contributed by atoms with Crippen LogP contribution in [0, 0.1) is 0 Å². The van der Waals surface area contributed by atoms with Crippen molar-refractivity contribution in [1.82, 2.24) is 10.6 Å². The highest BCUT2D eigenvalue weighted by atomic mass is 16.5. The molecule has 274 valence electrons. The zero-order valence-electron chi connectivity index (χ0n) is 30.0. The molecule has 0 radical (unpaired) electrons. The molecule has 0 aliphatic rings. The summed E-state index contributed by atoms with van der Waals surface area (Å²) in [6.45, 7) is 3.40. The Balaban J connectivity index is 4.09. The first kappa shape index (κ1) is 44.6. The zero-order chi connectivity index (χ0) is 34.8. The molecule has 0 saturated heterocycles. The van der Waals surface area contributed by atoms with Crippen molar-refractivity contribution >= 4 is 23.8 Å². The fourth-order valence-corrected chi connectivity index (χ4v) is 5.51. The van der Waals surface area contributed by atoms with E-state index < -0.39 is 24.5 Å². The van der Waals surface area contributed by atoms with Crippen LogP contribution < -0.4 is 10.6 Å². The molecule has 2 atom stereocenters. The number of amides is 2. The molecule has 0 saturated carbocycles. The topological polar surface area (TPSA) is 142 Å². The normalized spacial score (nSPS) is 12.6. The molecule has 0 heterocycles. The average molecular weight is 667 g/mol. The smallest absolute Gasteiger partial charge is 0.328 e. The van der Waals surface area contributed by atoms with Gasteiger partial charge in [-0.15, -0.1) is 0 Å². The van der Waals surface area contributed by atoms with Gasteiger partial charge in [0.15, 0.2) is 0 Å². The number of aliphatic carboxylic acids is 1. The van der Waals surface area contributed by atoms with Crippen molar-refractivity contribution in [2.24, 2.45) is 0 Å². The Morgan fingerprint density at radius 1 is 0.638 bits per heavy atom. The molecule has 2 unspecified atom stereocenters. The number of ether oxygens (including phenoxy) is 1. The average Bonchev–Trinajstić information content (AvgIpc) is 3.05. The number of esters is 1. The van der Waals surface area contributed by atoms with Crippen LogP contribution in [0.3, 0.4) is 0 Å². The third kappa shape index (κ3) is 30.7. The number of aliphatic hydroxyl groups excluding tert-OH is 1. The highest BCUT2D eigenvalue weighted by Crippen LogP contribution is 2.16. The minimum absolute atomic E-state index is 0.114. The first-order chi connectivity index (χ1) is 22.8. The van der Waals surface area contributed by atoms with Crippen LogP contribution in [0.2, 0.25) is 0 Å². The molecule has 9 heteroatoms. The molecule has 0 bridgehead atoms. The van der Waals surface area contributed by atoms with Crippen molar-refractivity contribution in [3.63, 3.8) is 0 Å². The number of unbranched alkanes of at least 4 members (excludes halogenated alkanes) is 20. The number of hydrogen-bond acceptors (Lipinski definition) is 6. The van der Waals surface area contributed by atoms with Crippen molar-refractivity contribution in [2.75, 3.05) is 13.2 Å². The van der Waals surface area contributed by atoms with E-state index in [9.17, 15) is 19.2 Å². The van der Waals surface area contributed by atoms with Crippen LogP contribution in [0.25, 0.3) is 0 Å². The van der Waals surface area contributed by atoms with Gasteiger partial charge in [-0.05, 0) is 44.6 Å². The fourth-order valence-electron chi connectivity index (χ4n) is 5.51. The molecule has 4 N–H and O–H groups in total. The predicted octanol–water partition coefficient (Wildman–Crippen LogP) is 8.31. The Morgan fingerprint density at radius 2 is 1.13 bits per heavy atom. The van der Waals surface area contributed by atoms with E-state index in [1.807, 2.05) is 6.08 Å². The van der Waals surface area contributed by atoms with Crippen LogP contribution >= 0.6 is 0 Å². The van der Waals surface area contributed by atoms with Crippen LogP contribution in [0.4, 0.5) is 0 Å². The second kappa shape index (κ2) is 33.5. The summed E-state index contributed by atoms with van der Waals surface area (Å²) in [5, 5.41) is 22.4. The number of carbonyl (C=O) groups is 4. The molecule has 0 aromatic rings. The maximum absolute atomic E-state index is 12.6. The molecule has 0 spiro atoms. The Hall–Kier alpha value is -2.42. The molecule has 0 rings (SSSR count). The van der Waals surface area contributed by atoms with Crippen LogP contribution in [0.1, 0.15) is 181 Å². The summed E-state index contributed by atoms with van der Waals surface area (Å²) in [5.41, 5.74) is 0. The van der Waals surface area contributed by atoms with Crippen molar-refractivity contribution in [2.45, 2.75) is 193 Å². The highest BCUT2D eigenvalue weighted by Gasteiger charge is 2.18. The lowest BCUT2D eigenvalue weighted by Crippen LogP contribution is -2.47. The van der Waals surface area contributed by atoms with E-state index in [-0.39, 0.29) is 30.9 Å². The van der Waals surface area contributed by atoms with E-state index in [1.54, 1.807) is 0 Å². The molecule has 0 fully saturated rings. The maximum Gasteiger partial charge on any atom is 0.328 e. The van der Waals surface area contributed by atoms with Gasteiger partial charge in [0.25, 0.3) is 0 Å². The molecule has 0 aromatic heterocycles. The second-order valence-electron chi connectivity index (χ2n) is 13.0. The number of hydrogen-bond donors (Lipinski definition) is 4. The van der Waals surface area contributed by atoms with Crippen molar-refractivity contribution in [3.05, 3.63) is 12.2 Å². The number of carboxylic acid groups (broad SMARTS) is 1. The number of carboxylic acids is 1. The Bertz CT molecular complexity index is 818. The third-order valence-electron chi connectivity index (χ3n) is 8.50. The van der Waals surface area contributed by atoms with E-state index in [0.29, 0.717) is 12.8 Å². The minimum atomic E-state index is -1.39. The first-order valence-electron chi connectivity index (χ1n) is 19.1. The van der Waals surface area contributed by atoms with Gasteiger partial charge in [0.05, 0.1) is 13.2 Å². The maximum atomic E-state index is 12.6. The summed E-state index contributed by atoms with van der Waals surface area (Å²) in [6.07, 6.45) is 32.7. The van der Waals surface area contributed by atoms with E-state index in [1.165, 1.54) is 96.3 Å². The van der Waals surface area contributed by atoms with E-state index >= 15 is 0 Å². The van der Waals surface area contributed by atoms with Crippen LogP contribution in [0.15, 0.2) is 12.2 Å². The van der Waals surface area contributed by atoms with Crippen molar-refractivity contribution in [3.8, 4) is 0 Å². The number of carbonyl (C=O) groups excluding carboxylic acids is 3. The quantitative estimate of drug-likeness (QED) is 0.0307. The van der Waals surface area contributed by atoms with Gasteiger partial charge < -0.3 is 25.6 Å². The largest absolute Gasteiger partial charge is 0.480 e. The van der Waals surface area contributed by atoms with E-state index in [0.717, 1.165) is 51.4 Å². The molecular weight excluding hydrogens is 596 g/mol. The summed E-state index contributed by atoms with van der Waals surface area (Å²) in [6, 6.07) is -1.39. The molecule has 9 nitrogen and oxygen atoms in total. The van der Waals surface area contributed by atoms with Crippen molar-refractivity contribution < 1.29 is 34.1 Å². The fraction of sp³-hybridized carbons (Fsp3) is 0.842. The SMILES string of the molecule is CCCCC/C=C\C(CCCCCCC(=O)NCC(=O)NC(CO)C(=O)O)OC(=O)CCCCCCCCCCCCCCCCC. The highest BCUT2D eigenvalue weighted by molar-refractivity contribution is 5.87. The van der Waals surface area contributed by atoms with Crippen LogP contribution in [-0.2, 0) is 23.9 Å². The number of allylic oxidation sites excluding steroid dienone is 1. The van der Waals surface area contributed by atoms with Gasteiger partial charge in [-0.3, -0.25) is 14.4 Å². The van der Waals surface area contributed by atoms with Gasteiger partial charge in [0.1, 0.15) is 12.1 Å². The zero-order valence-corrected chi connectivity index (χ0v) is 30.0. The molecule has 0 aliphatic carbocycles. The van der Waals surface area contributed by atoms with Crippen LogP contribution in [0.5, 0.6) is 0 Å². The third-order valence-corrected chi connectivity index (χ3v) is 8.50.